The van der Waals surface area contributed by atoms with Crippen molar-refractivity contribution in [2.24, 2.45) is 0 Å². The zero-order valence-corrected chi connectivity index (χ0v) is 14.2. The van der Waals surface area contributed by atoms with Crippen molar-refractivity contribution in [3.63, 3.8) is 0 Å². The van der Waals surface area contributed by atoms with Crippen LogP contribution in [0.4, 0.5) is 4.39 Å². The van der Waals surface area contributed by atoms with Crippen LogP contribution in [0.1, 0.15) is 18.2 Å². The van der Waals surface area contributed by atoms with Crippen LogP contribution >= 0.6 is 0 Å². The van der Waals surface area contributed by atoms with E-state index in [2.05, 4.69) is 21.4 Å². The van der Waals surface area contributed by atoms with Gasteiger partial charge in [-0.2, -0.15) is 4.39 Å². The molecule has 0 aliphatic carbocycles. The van der Waals surface area contributed by atoms with Gasteiger partial charge in [0.25, 0.3) is 0 Å². The molecule has 0 radical (unpaired) electrons. The first kappa shape index (κ1) is 17.0. The Morgan fingerprint density at radius 1 is 1.16 bits per heavy atom. The molecular weight excluding hydrogens is 321 g/mol. The number of fused-ring (bicyclic) bond motifs is 1. The number of nitrogens with zero attached hydrogens (tertiary/aromatic N) is 1. The van der Waals surface area contributed by atoms with E-state index in [1.165, 1.54) is 5.56 Å². The van der Waals surface area contributed by atoms with Crippen LogP contribution < -0.4 is 4.74 Å². The van der Waals surface area contributed by atoms with Gasteiger partial charge in [-0.25, -0.2) is 4.79 Å². The van der Waals surface area contributed by atoms with Gasteiger partial charge in [0.15, 0.2) is 0 Å². The zero-order chi connectivity index (χ0) is 17.8. The quantitative estimate of drug-likeness (QED) is 0.630. The van der Waals surface area contributed by atoms with E-state index in [4.69, 9.17) is 4.74 Å². The van der Waals surface area contributed by atoms with Gasteiger partial charge >= 0.3 is 12.3 Å². The summed E-state index contributed by atoms with van der Waals surface area (Å²) in [5.74, 6) is -0.687. The Morgan fingerprint density at radius 3 is 2.64 bits per heavy atom. The van der Waals surface area contributed by atoms with Crippen molar-refractivity contribution in [2.75, 3.05) is 6.61 Å². The number of esters is 1. The van der Waals surface area contributed by atoms with Crippen LogP contribution in [0.3, 0.4) is 0 Å². The minimum atomic E-state index is -2.14. The number of hydrogen-bond acceptors (Lipinski definition) is 3. The lowest BCUT2D eigenvalue weighted by Gasteiger charge is -2.12. The van der Waals surface area contributed by atoms with E-state index >= 15 is 0 Å². The summed E-state index contributed by atoms with van der Waals surface area (Å²) in [6, 6.07) is 17.4. The van der Waals surface area contributed by atoms with Crippen LogP contribution in [-0.4, -0.2) is 23.5 Å². The molecule has 5 heteroatoms. The summed E-state index contributed by atoms with van der Waals surface area (Å²) in [5, 5.41) is 0.767. The lowest BCUT2D eigenvalue weighted by molar-refractivity contribution is -0.159. The van der Waals surface area contributed by atoms with Crippen LogP contribution in [0.25, 0.3) is 10.9 Å². The minimum Gasteiger partial charge on any atom is -0.461 e. The van der Waals surface area contributed by atoms with E-state index in [-0.39, 0.29) is 6.61 Å². The topological polar surface area (TPSA) is 40.5 Å². The van der Waals surface area contributed by atoms with E-state index in [0.29, 0.717) is 12.3 Å². The number of carbonyl (C=O) groups is 1. The highest BCUT2D eigenvalue weighted by Gasteiger charge is 2.22. The van der Waals surface area contributed by atoms with Crippen molar-refractivity contribution < 1.29 is 18.7 Å². The number of carbonyl (C=O) groups excluding carboxylic acids is 1. The molecule has 1 heterocycles. The summed E-state index contributed by atoms with van der Waals surface area (Å²) >= 11 is 0. The first-order chi connectivity index (χ1) is 12.1. The normalized spacial score (nSPS) is 12.1. The minimum absolute atomic E-state index is 0.110. The van der Waals surface area contributed by atoms with Gasteiger partial charge < -0.3 is 14.0 Å². The van der Waals surface area contributed by atoms with Crippen molar-refractivity contribution >= 4 is 16.9 Å². The van der Waals surface area contributed by atoms with Gasteiger partial charge in [-0.1, -0.05) is 36.4 Å². The van der Waals surface area contributed by atoms with Gasteiger partial charge in [0.2, 0.25) is 0 Å². The molecule has 0 fully saturated rings. The van der Waals surface area contributed by atoms with Crippen molar-refractivity contribution in [3.05, 3.63) is 65.9 Å². The Morgan fingerprint density at radius 2 is 1.92 bits per heavy atom. The molecule has 3 aromatic rings. The molecule has 1 unspecified atom stereocenters. The second-order valence-electron chi connectivity index (χ2n) is 5.73. The van der Waals surface area contributed by atoms with Gasteiger partial charge in [-0.15, -0.1) is 0 Å². The van der Waals surface area contributed by atoms with Crippen LogP contribution in [-0.2, 0) is 16.1 Å². The first-order valence-corrected chi connectivity index (χ1v) is 8.20. The molecule has 0 N–H and O–H groups in total. The largest absolute Gasteiger partial charge is 0.461 e. The molecule has 0 spiro atoms. The molecule has 4 nitrogen and oxygen atoms in total. The SMILES string of the molecule is CCOC(=O)C(F)Oc1cccc2c1cc(C)n2Cc1ccccc1. The second-order valence-corrected chi connectivity index (χ2v) is 5.73. The number of aryl methyl sites for hydroxylation is 1. The molecule has 130 valence electrons. The number of hydrogen-bond donors (Lipinski definition) is 0. The summed E-state index contributed by atoms with van der Waals surface area (Å²) < 4.78 is 25.9. The highest BCUT2D eigenvalue weighted by molar-refractivity contribution is 5.88. The van der Waals surface area contributed by atoms with Gasteiger partial charge in [-0.3, -0.25) is 0 Å². The molecular formula is C20H20FNO3. The van der Waals surface area contributed by atoms with Crippen molar-refractivity contribution in [1.82, 2.24) is 4.57 Å². The molecule has 25 heavy (non-hydrogen) atoms. The molecule has 2 aromatic carbocycles. The lowest BCUT2D eigenvalue weighted by Crippen LogP contribution is -2.24. The average molecular weight is 341 g/mol. The third-order valence-electron chi connectivity index (χ3n) is 4.00. The van der Waals surface area contributed by atoms with Crippen LogP contribution in [0.5, 0.6) is 5.75 Å². The molecule has 0 aliphatic rings. The van der Waals surface area contributed by atoms with E-state index in [0.717, 1.165) is 16.6 Å². The maximum Gasteiger partial charge on any atom is 0.381 e. The first-order valence-electron chi connectivity index (χ1n) is 8.20. The molecule has 3 rings (SSSR count). The molecule has 0 saturated heterocycles. The fourth-order valence-corrected chi connectivity index (χ4v) is 2.84. The Kier molecular flexibility index (Phi) is 5.03. The summed E-state index contributed by atoms with van der Waals surface area (Å²) in [4.78, 5) is 11.5. The fraction of sp³-hybridized carbons (Fsp3) is 0.250. The van der Waals surface area contributed by atoms with Crippen LogP contribution in [0.2, 0.25) is 0 Å². The highest BCUT2D eigenvalue weighted by Crippen LogP contribution is 2.30. The molecule has 0 amide bonds. The van der Waals surface area contributed by atoms with E-state index in [1.807, 2.05) is 37.3 Å². The highest BCUT2D eigenvalue weighted by atomic mass is 19.1. The Bertz CT molecular complexity index is 873. The van der Waals surface area contributed by atoms with E-state index in [1.54, 1.807) is 19.1 Å². The maximum atomic E-state index is 13.9. The number of benzene rings is 2. The van der Waals surface area contributed by atoms with Crippen molar-refractivity contribution in [1.29, 1.82) is 0 Å². The van der Waals surface area contributed by atoms with Crippen molar-refractivity contribution in [3.8, 4) is 5.75 Å². The molecule has 1 aromatic heterocycles. The van der Waals surface area contributed by atoms with Gasteiger partial charge in [0.05, 0.1) is 12.1 Å². The smallest absolute Gasteiger partial charge is 0.381 e. The van der Waals surface area contributed by atoms with Crippen LogP contribution in [0, 0.1) is 6.92 Å². The predicted molar refractivity (Wildman–Crippen MR) is 94.4 cm³/mol. The van der Waals surface area contributed by atoms with Crippen LogP contribution in [0.15, 0.2) is 54.6 Å². The van der Waals surface area contributed by atoms with Gasteiger partial charge in [0, 0.05) is 17.6 Å². The van der Waals surface area contributed by atoms with Gasteiger partial charge in [0.1, 0.15) is 5.75 Å². The van der Waals surface area contributed by atoms with E-state index in [9.17, 15) is 9.18 Å². The molecule has 0 aliphatic heterocycles. The number of halogens is 1. The Hall–Kier alpha value is -2.82. The standard InChI is InChI=1S/C20H20FNO3/c1-3-24-20(23)19(21)25-18-11-7-10-17-16(18)12-14(2)22(17)13-15-8-5-4-6-9-15/h4-12,19H,3,13H2,1-2H3. The fourth-order valence-electron chi connectivity index (χ4n) is 2.84. The number of ether oxygens (including phenoxy) is 2. The number of rotatable bonds is 6. The monoisotopic (exact) mass is 341 g/mol. The third-order valence-corrected chi connectivity index (χ3v) is 4.00. The molecule has 1 atom stereocenters. The van der Waals surface area contributed by atoms with Gasteiger partial charge in [-0.05, 0) is 37.6 Å². The summed E-state index contributed by atoms with van der Waals surface area (Å²) in [6.07, 6.45) is -2.14. The summed E-state index contributed by atoms with van der Waals surface area (Å²) in [5.41, 5.74) is 3.13. The zero-order valence-electron chi connectivity index (χ0n) is 14.2. The number of aromatic nitrogens is 1. The maximum absolute atomic E-state index is 13.9. The average Bonchev–Trinajstić information content (AvgIpc) is 2.93. The Labute approximate surface area is 145 Å². The third kappa shape index (κ3) is 3.65. The Balaban J connectivity index is 1.92. The lowest BCUT2D eigenvalue weighted by atomic mass is 10.2. The predicted octanol–water partition coefficient (Wildman–Crippen LogP) is 4.24. The molecule has 0 saturated carbocycles. The second kappa shape index (κ2) is 7.38. The summed E-state index contributed by atoms with van der Waals surface area (Å²) in [6.45, 7) is 4.43. The van der Waals surface area contributed by atoms with Crippen molar-refractivity contribution in [2.45, 2.75) is 26.7 Å². The summed E-state index contributed by atoms with van der Waals surface area (Å²) in [7, 11) is 0. The van der Waals surface area contributed by atoms with E-state index < -0.39 is 12.3 Å². The molecule has 0 bridgehead atoms. The number of alkyl halides is 1.